The molecule has 0 fully saturated rings. The van der Waals surface area contributed by atoms with Gasteiger partial charge in [-0.15, -0.1) is 0 Å². The Labute approximate surface area is 132 Å². The fourth-order valence-corrected chi connectivity index (χ4v) is 2.75. The highest BCUT2D eigenvalue weighted by molar-refractivity contribution is 5.73. The third-order valence-corrected chi connectivity index (χ3v) is 4.08. The summed E-state index contributed by atoms with van der Waals surface area (Å²) in [5.41, 5.74) is 1.16. The second kappa shape index (κ2) is 7.83. The molecular formula is C19H25NO2. The Morgan fingerprint density at radius 1 is 1.14 bits per heavy atom. The first-order chi connectivity index (χ1) is 10.6. The van der Waals surface area contributed by atoms with E-state index in [1.165, 1.54) is 0 Å². The molecule has 3 heteroatoms. The molecule has 0 saturated carbocycles. The number of carbonyl (C=O) groups excluding carboxylic acids is 1. The SMILES string of the molecule is CC(=O)N(CC[C@@H](c1ccco1)C(C)C)Cc1ccccc1. The number of hydrogen-bond donors (Lipinski definition) is 0. The Morgan fingerprint density at radius 2 is 1.86 bits per heavy atom. The molecule has 0 spiro atoms. The molecule has 2 rings (SSSR count). The van der Waals surface area contributed by atoms with E-state index >= 15 is 0 Å². The Morgan fingerprint density at radius 3 is 2.41 bits per heavy atom. The van der Waals surface area contributed by atoms with Gasteiger partial charge in [-0.05, 0) is 30.0 Å². The maximum absolute atomic E-state index is 11.9. The maximum atomic E-state index is 11.9. The number of amides is 1. The summed E-state index contributed by atoms with van der Waals surface area (Å²) in [5.74, 6) is 1.95. The summed E-state index contributed by atoms with van der Waals surface area (Å²) in [7, 11) is 0. The number of benzene rings is 1. The normalized spacial score (nSPS) is 12.4. The second-order valence-electron chi connectivity index (χ2n) is 6.08. The molecule has 1 aromatic carbocycles. The largest absolute Gasteiger partial charge is 0.469 e. The number of rotatable bonds is 7. The molecule has 1 heterocycles. The average molecular weight is 299 g/mol. The van der Waals surface area contributed by atoms with Gasteiger partial charge in [0, 0.05) is 25.9 Å². The Bertz CT molecular complexity index is 560. The van der Waals surface area contributed by atoms with Crippen molar-refractivity contribution in [2.24, 2.45) is 5.92 Å². The summed E-state index contributed by atoms with van der Waals surface area (Å²) in [6, 6.07) is 14.1. The van der Waals surface area contributed by atoms with Crippen LogP contribution in [0.5, 0.6) is 0 Å². The molecule has 1 atom stereocenters. The predicted molar refractivity (Wildman–Crippen MR) is 88.4 cm³/mol. The van der Waals surface area contributed by atoms with Crippen LogP contribution < -0.4 is 0 Å². The first-order valence-corrected chi connectivity index (χ1v) is 7.90. The van der Waals surface area contributed by atoms with Gasteiger partial charge in [-0.1, -0.05) is 44.2 Å². The molecule has 3 nitrogen and oxygen atoms in total. The van der Waals surface area contributed by atoms with Crippen LogP contribution in [-0.2, 0) is 11.3 Å². The fraction of sp³-hybridized carbons (Fsp3) is 0.421. The fourth-order valence-electron chi connectivity index (χ4n) is 2.75. The van der Waals surface area contributed by atoms with Gasteiger partial charge in [0.1, 0.15) is 5.76 Å². The van der Waals surface area contributed by atoms with Crippen LogP contribution in [-0.4, -0.2) is 17.4 Å². The van der Waals surface area contributed by atoms with Crippen molar-refractivity contribution in [3.63, 3.8) is 0 Å². The van der Waals surface area contributed by atoms with Crippen molar-refractivity contribution in [3.05, 3.63) is 60.1 Å². The van der Waals surface area contributed by atoms with E-state index in [1.54, 1.807) is 13.2 Å². The third kappa shape index (κ3) is 4.48. The number of hydrogen-bond acceptors (Lipinski definition) is 2. The third-order valence-electron chi connectivity index (χ3n) is 4.08. The van der Waals surface area contributed by atoms with Crippen molar-refractivity contribution < 1.29 is 9.21 Å². The molecule has 0 aliphatic rings. The minimum Gasteiger partial charge on any atom is -0.469 e. The molecule has 0 bridgehead atoms. The van der Waals surface area contributed by atoms with E-state index in [9.17, 15) is 4.79 Å². The molecular weight excluding hydrogens is 274 g/mol. The minimum absolute atomic E-state index is 0.116. The predicted octanol–water partition coefficient (Wildman–Crippen LogP) is 4.46. The maximum Gasteiger partial charge on any atom is 0.219 e. The van der Waals surface area contributed by atoms with Crippen LogP contribution in [0.4, 0.5) is 0 Å². The summed E-state index contributed by atoms with van der Waals surface area (Å²) in [5, 5.41) is 0. The van der Waals surface area contributed by atoms with Crippen molar-refractivity contribution in [1.29, 1.82) is 0 Å². The van der Waals surface area contributed by atoms with E-state index in [0.717, 1.165) is 24.3 Å². The number of furan rings is 1. The Hall–Kier alpha value is -2.03. The van der Waals surface area contributed by atoms with Gasteiger partial charge in [-0.2, -0.15) is 0 Å². The lowest BCUT2D eigenvalue weighted by molar-refractivity contribution is -0.129. The molecule has 0 N–H and O–H groups in total. The first kappa shape index (κ1) is 16.3. The van der Waals surface area contributed by atoms with Crippen molar-refractivity contribution in [1.82, 2.24) is 4.90 Å². The summed E-state index contributed by atoms with van der Waals surface area (Å²) >= 11 is 0. The minimum atomic E-state index is 0.116. The number of nitrogens with zero attached hydrogens (tertiary/aromatic N) is 1. The summed E-state index contributed by atoms with van der Waals surface area (Å²) < 4.78 is 5.56. The lowest BCUT2D eigenvalue weighted by Gasteiger charge is -2.25. The highest BCUT2D eigenvalue weighted by Gasteiger charge is 2.20. The van der Waals surface area contributed by atoms with Gasteiger partial charge < -0.3 is 9.32 Å². The van der Waals surface area contributed by atoms with Crippen molar-refractivity contribution >= 4 is 5.91 Å². The van der Waals surface area contributed by atoms with E-state index < -0.39 is 0 Å². The molecule has 0 saturated heterocycles. The quantitative estimate of drug-likeness (QED) is 0.756. The van der Waals surface area contributed by atoms with Gasteiger partial charge in [0.05, 0.1) is 6.26 Å². The summed E-state index contributed by atoms with van der Waals surface area (Å²) in [6.07, 6.45) is 2.63. The summed E-state index contributed by atoms with van der Waals surface area (Å²) in [4.78, 5) is 13.8. The highest BCUT2D eigenvalue weighted by Crippen LogP contribution is 2.28. The van der Waals surface area contributed by atoms with Crippen molar-refractivity contribution in [2.45, 2.75) is 39.7 Å². The van der Waals surface area contributed by atoms with Crippen LogP contribution in [0.2, 0.25) is 0 Å². The zero-order valence-electron chi connectivity index (χ0n) is 13.7. The van der Waals surface area contributed by atoms with Gasteiger partial charge in [0.25, 0.3) is 0 Å². The van der Waals surface area contributed by atoms with E-state index in [4.69, 9.17) is 4.42 Å². The molecule has 1 amide bonds. The zero-order valence-corrected chi connectivity index (χ0v) is 13.7. The molecule has 2 aromatic rings. The Kier molecular flexibility index (Phi) is 5.82. The smallest absolute Gasteiger partial charge is 0.219 e. The number of carbonyl (C=O) groups is 1. The first-order valence-electron chi connectivity index (χ1n) is 7.90. The van der Waals surface area contributed by atoms with Gasteiger partial charge in [0.15, 0.2) is 0 Å². The molecule has 0 aliphatic heterocycles. The van der Waals surface area contributed by atoms with Crippen LogP contribution in [0, 0.1) is 5.92 Å². The van der Waals surface area contributed by atoms with Gasteiger partial charge >= 0.3 is 0 Å². The molecule has 0 radical (unpaired) electrons. The van der Waals surface area contributed by atoms with E-state index in [2.05, 4.69) is 26.0 Å². The second-order valence-corrected chi connectivity index (χ2v) is 6.08. The molecule has 22 heavy (non-hydrogen) atoms. The van der Waals surface area contributed by atoms with Gasteiger partial charge in [0.2, 0.25) is 5.91 Å². The molecule has 0 aliphatic carbocycles. The lowest BCUT2D eigenvalue weighted by Crippen LogP contribution is -2.30. The van der Waals surface area contributed by atoms with E-state index in [0.29, 0.717) is 18.4 Å². The zero-order chi connectivity index (χ0) is 15.9. The van der Waals surface area contributed by atoms with Crippen LogP contribution in [0.15, 0.2) is 53.1 Å². The standard InChI is InChI=1S/C19H25NO2/c1-15(2)18(19-10-7-13-22-19)11-12-20(16(3)21)14-17-8-5-4-6-9-17/h4-10,13,15,18H,11-12,14H2,1-3H3/t18-/m1/s1. The van der Waals surface area contributed by atoms with E-state index in [-0.39, 0.29) is 5.91 Å². The van der Waals surface area contributed by atoms with Crippen LogP contribution in [0.3, 0.4) is 0 Å². The molecule has 118 valence electrons. The van der Waals surface area contributed by atoms with E-state index in [1.807, 2.05) is 35.2 Å². The lowest BCUT2D eigenvalue weighted by atomic mass is 9.90. The van der Waals surface area contributed by atoms with Gasteiger partial charge in [-0.3, -0.25) is 4.79 Å². The van der Waals surface area contributed by atoms with Crippen LogP contribution in [0.1, 0.15) is 44.4 Å². The molecule has 1 aromatic heterocycles. The van der Waals surface area contributed by atoms with Crippen molar-refractivity contribution in [2.75, 3.05) is 6.54 Å². The van der Waals surface area contributed by atoms with Crippen LogP contribution in [0.25, 0.3) is 0 Å². The highest BCUT2D eigenvalue weighted by atomic mass is 16.3. The molecule has 0 unspecified atom stereocenters. The summed E-state index contributed by atoms with van der Waals surface area (Å²) in [6.45, 7) is 7.44. The van der Waals surface area contributed by atoms with Gasteiger partial charge in [-0.25, -0.2) is 0 Å². The Balaban J connectivity index is 2.00. The monoisotopic (exact) mass is 299 g/mol. The topological polar surface area (TPSA) is 33.5 Å². The van der Waals surface area contributed by atoms with Crippen molar-refractivity contribution in [3.8, 4) is 0 Å². The average Bonchev–Trinajstić information content (AvgIpc) is 3.01. The van der Waals surface area contributed by atoms with Crippen LogP contribution >= 0.6 is 0 Å².